The van der Waals surface area contributed by atoms with Gasteiger partial charge >= 0.3 is 0 Å². The van der Waals surface area contributed by atoms with Crippen LogP contribution in [-0.2, 0) is 6.54 Å². The summed E-state index contributed by atoms with van der Waals surface area (Å²) in [6.07, 6.45) is 6.79. The van der Waals surface area contributed by atoms with E-state index >= 15 is 0 Å². The summed E-state index contributed by atoms with van der Waals surface area (Å²) < 4.78 is 5.89. The SMILES string of the molecule is CCCCCCOc1ncc(CNCC)c2ccccc12. The van der Waals surface area contributed by atoms with Crippen LogP contribution in [0.25, 0.3) is 10.8 Å². The molecule has 0 saturated carbocycles. The largest absolute Gasteiger partial charge is 0.477 e. The molecule has 2 rings (SSSR count). The van der Waals surface area contributed by atoms with Crippen molar-refractivity contribution in [1.29, 1.82) is 0 Å². The molecule has 3 heteroatoms. The molecule has 0 atom stereocenters. The van der Waals surface area contributed by atoms with Crippen LogP contribution < -0.4 is 10.1 Å². The van der Waals surface area contributed by atoms with E-state index in [1.165, 1.54) is 30.2 Å². The van der Waals surface area contributed by atoms with Crippen LogP contribution in [0, 0.1) is 0 Å². The Morgan fingerprint density at radius 3 is 2.62 bits per heavy atom. The maximum Gasteiger partial charge on any atom is 0.221 e. The van der Waals surface area contributed by atoms with Gasteiger partial charge in [-0.2, -0.15) is 0 Å². The van der Waals surface area contributed by atoms with Crippen LogP contribution in [0.3, 0.4) is 0 Å². The fourth-order valence-electron chi connectivity index (χ4n) is 2.44. The van der Waals surface area contributed by atoms with Crippen LogP contribution in [-0.4, -0.2) is 18.1 Å². The predicted molar refractivity (Wildman–Crippen MR) is 88.8 cm³/mol. The van der Waals surface area contributed by atoms with Crippen molar-refractivity contribution in [2.45, 2.75) is 46.1 Å². The molecular weight excluding hydrogens is 260 g/mol. The summed E-state index contributed by atoms with van der Waals surface area (Å²) in [6, 6.07) is 8.36. The van der Waals surface area contributed by atoms with Crippen LogP contribution in [0.2, 0.25) is 0 Å². The molecule has 0 saturated heterocycles. The van der Waals surface area contributed by atoms with Gasteiger partial charge in [-0.25, -0.2) is 4.98 Å². The summed E-state index contributed by atoms with van der Waals surface area (Å²) in [5.41, 5.74) is 1.23. The van der Waals surface area contributed by atoms with Gasteiger partial charge in [0.15, 0.2) is 0 Å². The summed E-state index contributed by atoms with van der Waals surface area (Å²) in [4.78, 5) is 4.52. The second kappa shape index (κ2) is 8.63. The number of fused-ring (bicyclic) bond motifs is 1. The lowest BCUT2D eigenvalue weighted by Gasteiger charge is -2.11. The molecule has 3 nitrogen and oxygen atoms in total. The van der Waals surface area contributed by atoms with Crippen molar-refractivity contribution >= 4 is 10.8 Å². The lowest BCUT2D eigenvalue weighted by molar-refractivity contribution is 0.297. The smallest absolute Gasteiger partial charge is 0.221 e. The van der Waals surface area contributed by atoms with Crippen LogP contribution >= 0.6 is 0 Å². The summed E-state index contributed by atoms with van der Waals surface area (Å²) in [7, 11) is 0. The molecule has 1 aromatic heterocycles. The number of hydrogen-bond acceptors (Lipinski definition) is 3. The first-order valence-electron chi connectivity index (χ1n) is 8.07. The topological polar surface area (TPSA) is 34.1 Å². The second-order valence-electron chi connectivity index (χ2n) is 5.32. The zero-order valence-corrected chi connectivity index (χ0v) is 13.2. The summed E-state index contributed by atoms with van der Waals surface area (Å²) >= 11 is 0. The fourth-order valence-corrected chi connectivity index (χ4v) is 2.44. The monoisotopic (exact) mass is 286 g/mol. The van der Waals surface area contributed by atoms with E-state index < -0.39 is 0 Å². The first-order valence-corrected chi connectivity index (χ1v) is 8.07. The Kier molecular flexibility index (Phi) is 6.48. The number of pyridine rings is 1. The highest BCUT2D eigenvalue weighted by atomic mass is 16.5. The van der Waals surface area contributed by atoms with Gasteiger partial charge in [0.25, 0.3) is 0 Å². The molecule has 0 unspecified atom stereocenters. The Morgan fingerprint density at radius 1 is 1.05 bits per heavy atom. The number of nitrogens with zero attached hydrogens (tertiary/aromatic N) is 1. The molecule has 0 radical (unpaired) electrons. The standard InChI is InChI=1S/C18H26N2O/c1-3-5-6-9-12-21-18-17-11-8-7-10-16(17)15(14-20-18)13-19-4-2/h7-8,10-11,14,19H,3-6,9,12-13H2,1-2H3. The minimum atomic E-state index is 0.754. The Balaban J connectivity index is 2.10. The zero-order valence-electron chi connectivity index (χ0n) is 13.2. The number of ether oxygens (including phenoxy) is 1. The molecule has 0 fully saturated rings. The van der Waals surface area contributed by atoms with Gasteiger partial charge in [-0.3, -0.25) is 0 Å². The van der Waals surface area contributed by atoms with Gasteiger partial charge in [-0.1, -0.05) is 51.3 Å². The van der Waals surface area contributed by atoms with Crippen molar-refractivity contribution in [2.24, 2.45) is 0 Å². The molecule has 2 aromatic rings. The first kappa shape index (κ1) is 15.8. The molecule has 1 heterocycles. The van der Waals surface area contributed by atoms with Gasteiger partial charge in [0, 0.05) is 18.1 Å². The number of unbranched alkanes of at least 4 members (excludes halogenated alkanes) is 3. The Morgan fingerprint density at radius 2 is 1.86 bits per heavy atom. The molecule has 21 heavy (non-hydrogen) atoms. The first-order chi connectivity index (χ1) is 10.4. The lowest BCUT2D eigenvalue weighted by Crippen LogP contribution is -2.12. The number of benzene rings is 1. The molecule has 1 aromatic carbocycles. The molecular formula is C18H26N2O. The minimum Gasteiger partial charge on any atom is -0.477 e. The van der Waals surface area contributed by atoms with E-state index in [0.29, 0.717) is 0 Å². The highest BCUT2D eigenvalue weighted by molar-refractivity contribution is 5.89. The van der Waals surface area contributed by atoms with E-state index in [1.807, 2.05) is 12.3 Å². The van der Waals surface area contributed by atoms with Gasteiger partial charge in [0.2, 0.25) is 5.88 Å². The number of aromatic nitrogens is 1. The van der Waals surface area contributed by atoms with Crippen molar-refractivity contribution in [1.82, 2.24) is 10.3 Å². The Labute approximate surface area is 127 Å². The average Bonchev–Trinajstić information content (AvgIpc) is 2.53. The lowest BCUT2D eigenvalue weighted by atomic mass is 10.1. The van der Waals surface area contributed by atoms with Crippen molar-refractivity contribution in [3.63, 3.8) is 0 Å². The van der Waals surface area contributed by atoms with E-state index in [0.717, 1.165) is 37.4 Å². The van der Waals surface area contributed by atoms with Crippen molar-refractivity contribution in [3.05, 3.63) is 36.0 Å². The normalized spacial score (nSPS) is 11.0. The van der Waals surface area contributed by atoms with Crippen LogP contribution in [0.15, 0.2) is 30.5 Å². The third-order valence-electron chi connectivity index (χ3n) is 3.64. The number of rotatable bonds is 9. The van der Waals surface area contributed by atoms with Crippen LogP contribution in [0.5, 0.6) is 5.88 Å². The zero-order chi connectivity index (χ0) is 14.9. The van der Waals surface area contributed by atoms with Gasteiger partial charge in [0.05, 0.1) is 6.61 Å². The Bertz CT molecular complexity index is 554. The molecule has 0 spiro atoms. The van der Waals surface area contributed by atoms with Crippen molar-refractivity contribution in [3.8, 4) is 5.88 Å². The van der Waals surface area contributed by atoms with E-state index in [1.54, 1.807) is 0 Å². The fraction of sp³-hybridized carbons (Fsp3) is 0.500. The van der Waals surface area contributed by atoms with Crippen molar-refractivity contribution < 1.29 is 4.74 Å². The van der Waals surface area contributed by atoms with Crippen molar-refractivity contribution in [2.75, 3.05) is 13.2 Å². The van der Waals surface area contributed by atoms with Crippen LogP contribution in [0.1, 0.15) is 45.1 Å². The Hall–Kier alpha value is -1.61. The maximum atomic E-state index is 5.89. The van der Waals surface area contributed by atoms with E-state index in [-0.39, 0.29) is 0 Å². The second-order valence-corrected chi connectivity index (χ2v) is 5.32. The average molecular weight is 286 g/mol. The summed E-state index contributed by atoms with van der Waals surface area (Å²) in [5, 5.41) is 5.71. The highest BCUT2D eigenvalue weighted by Gasteiger charge is 2.07. The van der Waals surface area contributed by atoms with Gasteiger partial charge in [0.1, 0.15) is 0 Å². The summed E-state index contributed by atoms with van der Waals surface area (Å²) in [6.45, 7) is 6.90. The quantitative estimate of drug-likeness (QED) is 0.698. The van der Waals surface area contributed by atoms with Gasteiger partial charge < -0.3 is 10.1 Å². The van der Waals surface area contributed by atoms with Crippen LogP contribution in [0.4, 0.5) is 0 Å². The summed E-state index contributed by atoms with van der Waals surface area (Å²) in [5.74, 6) is 0.766. The molecule has 0 amide bonds. The van der Waals surface area contributed by atoms with Gasteiger partial charge in [-0.05, 0) is 30.0 Å². The maximum absolute atomic E-state index is 5.89. The molecule has 0 aliphatic rings. The number of nitrogens with one attached hydrogen (secondary N) is 1. The molecule has 0 aliphatic carbocycles. The molecule has 114 valence electrons. The molecule has 0 bridgehead atoms. The predicted octanol–water partition coefficient (Wildman–Crippen LogP) is 4.30. The van der Waals surface area contributed by atoms with Gasteiger partial charge in [-0.15, -0.1) is 0 Å². The third-order valence-corrected chi connectivity index (χ3v) is 3.64. The molecule has 1 N–H and O–H groups in total. The van der Waals surface area contributed by atoms with E-state index in [2.05, 4.69) is 42.3 Å². The number of hydrogen-bond donors (Lipinski definition) is 1. The van der Waals surface area contributed by atoms with E-state index in [4.69, 9.17) is 4.74 Å². The minimum absolute atomic E-state index is 0.754. The molecule has 0 aliphatic heterocycles. The van der Waals surface area contributed by atoms with E-state index in [9.17, 15) is 0 Å². The third kappa shape index (κ3) is 4.43. The highest BCUT2D eigenvalue weighted by Crippen LogP contribution is 2.26.